The summed E-state index contributed by atoms with van der Waals surface area (Å²) in [5.41, 5.74) is 3.31. The largest absolute Gasteiger partial charge is 0.508 e. The van der Waals surface area contributed by atoms with E-state index in [2.05, 4.69) is 17.9 Å². The van der Waals surface area contributed by atoms with E-state index in [0.29, 0.717) is 0 Å². The lowest BCUT2D eigenvalue weighted by atomic mass is 9.90. The van der Waals surface area contributed by atoms with Crippen LogP contribution in [0.5, 0.6) is 11.5 Å². The van der Waals surface area contributed by atoms with Crippen molar-refractivity contribution in [2.45, 2.75) is 38.5 Å². The van der Waals surface area contributed by atoms with Crippen LogP contribution in [0.25, 0.3) is 0 Å². The van der Waals surface area contributed by atoms with Crippen LogP contribution in [0, 0.1) is 0 Å². The van der Waals surface area contributed by atoms with Crippen molar-refractivity contribution >= 4 is 11.9 Å². The highest BCUT2D eigenvalue weighted by Gasteiger charge is 2.18. The molecular weight excluding hydrogens is 396 g/mol. The summed E-state index contributed by atoms with van der Waals surface area (Å²) in [4.78, 5) is 21.9. The Bertz CT molecular complexity index is 931. The van der Waals surface area contributed by atoms with Crippen LogP contribution in [-0.2, 0) is 14.3 Å². The molecule has 0 saturated carbocycles. The van der Waals surface area contributed by atoms with E-state index < -0.39 is 5.97 Å². The Kier molecular flexibility index (Phi) is 10.1. The fourth-order valence-electron chi connectivity index (χ4n) is 3.06. The zero-order valence-corrected chi connectivity index (χ0v) is 18.2. The monoisotopic (exact) mass is 426 g/mol. The van der Waals surface area contributed by atoms with Gasteiger partial charge in [0, 0.05) is 11.8 Å². The average Bonchev–Trinajstić information content (AvgIpc) is 2.70. The van der Waals surface area contributed by atoms with Crippen LogP contribution >= 0.6 is 0 Å². The lowest BCUT2D eigenvalue weighted by molar-refractivity contribution is -0.141. The van der Waals surface area contributed by atoms with E-state index in [-0.39, 0.29) is 42.1 Å². The van der Waals surface area contributed by atoms with Crippen molar-refractivity contribution in [3.8, 4) is 11.5 Å². The fourth-order valence-corrected chi connectivity index (χ4v) is 3.06. The van der Waals surface area contributed by atoms with Gasteiger partial charge in [-0.15, -0.1) is 0 Å². The molecule has 0 aliphatic heterocycles. The zero-order chi connectivity index (χ0) is 23.6. The number of hydrogen-bond donors (Lipinski definition) is 3. The maximum Gasteiger partial charge on any atom is 0.306 e. The predicted molar refractivity (Wildman–Crippen MR) is 120 cm³/mol. The molecule has 6 heteroatoms. The van der Waals surface area contributed by atoms with Gasteiger partial charge >= 0.3 is 11.9 Å². The number of carbonyl (C=O) groups is 2. The van der Waals surface area contributed by atoms with Crippen LogP contribution in [-0.4, -0.2) is 34.4 Å². The molecule has 0 aliphatic rings. The van der Waals surface area contributed by atoms with Crippen molar-refractivity contribution in [3.63, 3.8) is 0 Å². The van der Waals surface area contributed by atoms with Crippen molar-refractivity contribution in [1.82, 2.24) is 0 Å². The lowest BCUT2D eigenvalue weighted by Crippen LogP contribution is -2.09. The van der Waals surface area contributed by atoms with E-state index in [1.807, 2.05) is 13.0 Å². The van der Waals surface area contributed by atoms with Crippen molar-refractivity contribution in [2.75, 3.05) is 7.11 Å². The van der Waals surface area contributed by atoms with Crippen LogP contribution in [0.1, 0.15) is 49.7 Å². The highest BCUT2D eigenvalue weighted by atomic mass is 16.5. The van der Waals surface area contributed by atoms with E-state index in [1.165, 1.54) is 7.11 Å². The molecule has 2 aromatic carbocycles. The number of carboxylic acid groups (broad SMARTS) is 1. The normalized spacial score (nSPS) is 12.0. The molecule has 31 heavy (non-hydrogen) atoms. The molecule has 2 atom stereocenters. The van der Waals surface area contributed by atoms with Crippen LogP contribution in [0.3, 0.4) is 0 Å². The van der Waals surface area contributed by atoms with Crippen LogP contribution < -0.4 is 0 Å². The van der Waals surface area contributed by atoms with Gasteiger partial charge in [0.2, 0.25) is 0 Å². The lowest BCUT2D eigenvalue weighted by Gasteiger charge is -2.16. The Balaban J connectivity index is 0.000000311. The first kappa shape index (κ1) is 25.5. The minimum atomic E-state index is -0.869. The number of methoxy groups -OCH3 is 1. The summed E-state index contributed by atoms with van der Waals surface area (Å²) in [6, 6.07) is 13.5. The molecule has 0 fully saturated rings. The Morgan fingerprint density at radius 2 is 1.29 bits per heavy atom. The van der Waals surface area contributed by atoms with Crippen molar-refractivity contribution in [2.24, 2.45) is 0 Å². The fraction of sp³-hybridized carbons (Fsp3) is 0.280. The number of aromatic hydroxyl groups is 2. The van der Waals surface area contributed by atoms with Gasteiger partial charge in [-0.05, 0) is 49.2 Å². The summed E-state index contributed by atoms with van der Waals surface area (Å²) in [5.74, 6) is -1.17. The molecule has 0 aliphatic carbocycles. The van der Waals surface area contributed by atoms with Gasteiger partial charge in [-0.25, -0.2) is 0 Å². The Labute approximate surface area is 183 Å². The van der Waals surface area contributed by atoms with Crippen molar-refractivity contribution in [1.29, 1.82) is 0 Å². The number of carboxylic acids is 1. The molecule has 0 amide bonds. The number of esters is 1. The van der Waals surface area contributed by atoms with E-state index in [9.17, 15) is 19.8 Å². The topological polar surface area (TPSA) is 104 Å². The molecule has 0 radical (unpaired) electrons. The molecule has 0 heterocycles. The van der Waals surface area contributed by atoms with Gasteiger partial charge in [0.25, 0.3) is 0 Å². The van der Waals surface area contributed by atoms with Gasteiger partial charge in [0.1, 0.15) is 11.5 Å². The Hall–Kier alpha value is -3.54. The number of aliphatic carboxylic acids is 1. The molecule has 2 aromatic rings. The van der Waals surface area contributed by atoms with Crippen LogP contribution in [0.15, 0.2) is 72.8 Å². The number of benzene rings is 2. The number of phenols is 2. The Morgan fingerprint density at radius 3 is 1.61 bits per heavy atom. The van der Waals surface area contributed by atoms with Crippen LogP contribution in [0.2, 0.25) is 0 Å². The standard InChI is InChI=1S/C13H16O3.C12H14O3/c1-9(2)12(8-13(15)16-3)10-5-4-6-11(14)7-10;1-8(2)11(7-12(14)15)9-4-3-5-10(13)6-9/h4-7,12,14H,1,8H2,2-3H3;3-6,11,13H,1,7H2,2H3,(H,14,15). The number of rotatable bonds is 8. The molecule has 0 bridgehead atoms. The maximum atomic E-state index is 11.3. The number of carbonyl (C=O) groups excluding carboxylic acids is 1. The van der Waals surface area contributed by atoms with Gasteiger partial charge in [0.05, 0.1) is 20.0 Å². The third-order valence-electron chi connectivity index (χ3n) is 4.71. The van der Waals surface area contributed by atoms with Crippen molar-refractivity contribution < 1.29 is 29.6 Å². The molecule has 0 spiro atoms. The molecule has 0 saturated heterocycles. The van der Waals surface area contributed by atoms with E-state index >= 15 is 0 Å². The van der Waals surface area contributed by atoms with Crippen molar-refractivity contribution in [3.05, 3.63) is 84.0 Å². The number of allylic oxidation sites excluding steroid dienone is 2. The van der Waals surface area contributed by atoms with E-state index in [1.54, 1.807) is 49.4 Å². The number of ether oxygens (including phenoxy) is 1. The van der Waals surface area contributed by atoms with Crippen LogP contribution in [0.4, 0.5) is 0 Å². The molecular formula is C25H30O6. The van der Waals surface area contributed by atoms with Gasteiger partial charge in [0.15, 0.2) is 0 Å². The zero-order valence-electron chi connectivity index (χ0n) is 18.2. The predicted octanol–water partition coefficient (Wildman–Crippen LogP) is 5.14. The molecule has 6 nitrogen and oxygen atoms in total. The smallest absolute Gasteiger partial charge is 0.306 e. The Morgan fingerprint density at radius 1 is 0.871 bits per heavy atom. The first-order chi connectivity index (χ1) is 14.5. The highest BCUT2D eigenvalue weighted by molar-refractivity contribution is 5.71. The quantitative estimate of drug-likeness (QED) is 0.399. The number of phenolic OH excluding ortho intramolecular Hbond substituents is 2. The third kappa shape index (κ3) is 8.78. The van der Waals surface area contributed by atoms with E-state index in [0.717, 1.165) is 22.3 Å². The summed E-state index contributed by atoms with van der Waals surface area (Å²) in [6.07, 6.45) is 0.244. The molecule has 0 aromatic heterocycles. The number of hydrogen-bond acceptors (Lipinski definition) is 5. The summed E-state index contributed by atoms with van der Waals surface area (Å²) in [6.45, 7) is 11.3. The summed E-state index contributed by atoms with van der Waals surface area (Å²) < 4.78 is 4.64. The molecule has 3 N–H and O–H groups in total. The van der Waals surface area contributed by atoms with Gasteiger partial charge in [-0.2, -0.15) is 0 Å². The molecule has 2 rings (SSSR count). The minimum Gasteiger partial charge on any atom is -0.508 e. The maximum absolute atomic E-state index is 11.3. The van der Waals surface area contributed by atoms with Gasteiger partial charge < -0.3 is 20.1 Å². The summed E-state index contributed by atoms with van der Waals surface area (Å²) >= 11 is 0. The SMILES string of the molecule is C=C(C)C(CC(=O)O)c1cccc(O)c1.C=C(C)C(CC(=O)OC)c1cccc(O)c1. The molecule has 166 valence electrons. The second-order valence-corrected chi connectivity index (χ2v) is 7.37. The average molecular weight is 427 g/mol. The highest BCUT2D eigenvalue weighted by Crippen LogP contribution is 2.29. The first-order valence-corrected chi connectivity index (χ1v) is 9.72. The summed E-state index contributed by atoms with van der Waals surface area (Å²) in [7, 11) is 1.36. The van der Waals surface area contributed by atoms with E-state index in [4.69, 9.17) is 5.11 Å². The summed E-state index contributed by atoms with van der Waals surface area (Å²) in [5, 5.41) is 27.4. The second kappa shape index (κ2) is 12.2. The first-order valence-electron chi connectivity index (χ1n) is 9.72. The second-order valence-electron chi connectivity index (χ2n) is 7.37. The third-order valence-corrected chi connectivity index (χ3v) is 4.71. The van der Waals surface area contributed by atoms with Gasteiger partial charge in [-0.1, -0.05) is 48.6 Å². The minimum absolute atomic E-state index is 0.00120. The molecule has 2 unspecified atom stereocenters. The van der Waals surface area contributed by atoms with Gasteiger partial charge in [-0.3, -0.25) is 9.59 Å².